The second-order valence-electron chi connectivity index (χ2n) is 10.8. The second kappa shape index (κ2) is 12.8. The van der Waals surface area contributed by atoms with E-state index in [-0.39, 0.29) is 12.2 Å². The smallest absolute Gasteiger partial charge is 0.338 e. The van der Waals surface area contributed by atoms with Gasteiger partial charge < -0.3 is 9.47 Å². The van der Waals surface area contributed by atoms with Crippen LogP contribution in [0.3, 0.4) is 0 Å². The molecule has 1 aliphatic heterocycles. The fourth-order valence-electron chi connectivity index (χ4n) is 5.84. The number of carbonyl (C=O) groups is 1. The van der Waals surface area contributed by atoms with Crippen LogP contribution in [0.2, 0.25) is 0 Å². The van der Waals surface area contributed by atoms with E-state index in [1.807, 2.05) is 109 Å². The first-order chi connectivity index (χ1) is 22.6. The zero-order valence-electron chi connectivity index (χ0n) is 25.1. The van der Waals surface area contributed by atoms with Crippen molar-refractivity contribution in [3.8, 4) is 5.75 Å². The Balaban J connectivity index is 1.36. The van der Waals surface area contributed by atoms with Crippen molar-refractivity contribution >= 4 is 39.9 Å². The summed E-state index contributed by atoms with van der Waals surface area (Å²) in [6.07, 6.45) is 1.85. The van der Waals surface area contributed by atoms with Gasteiger partial charge in [0.15, 0.2) is 4.80 Å². The van der Waals surface area contributed by atoms with Gasteiger partial charge in [0.1, 0.15) is 12.4 Å². The molecule has 0 aliphatic carbocycles. The van der Waals surface area contributed by atoms with E-state index in [2.05, 4.69) is 24.3 Å². The molecule has 0 spiro atoms. The molecule has 0 unspecified atom stereocenters. The maximum atomic E-state index is 14.3. The summed E-state index contributed by atoms with van der Waals surface area (Å²) in [5, 5.41) is 2.30. The van der Waals surface area contributed by atoms with Gasteiger partial charge in [-0.15, -0.1) is 0 Å². The Hall–Kier alpha value is -5.53. The molecule has 1 aromatic heterocycles. The SMILES string of the molecule is CCOC(=O)C1=C(c2ccccc2)N=c2s/c(=C/c3ccccc3OCc3cccc4ccccc34)c(=O)n2[C@H]1c1ccccc1. The molecule has 6 aromatic rings. The van der Waals surface area contributed by atoms with Crippen LogP contribution in [0.4, 0.5) is 0 Å². The molecule has 2 heterocycles. The lowest BCUT2D eigenvalue weighted by molar-refractivity contribution is -0.138. The minimum absolute atomic E-state index is 0.200. The van der Waals surface area contributed by atoms with Gasteiger partial charge in [-0.3, -0.25) is 9.36 Å². The molecule has 1 atom stereocenters. The number of para-hydroxylation sites is 1. The number of aromatic nitrogens is 1. The van der Waals surface area contributed by atoms with Crippen molar-refractivity contribution < 1.29 is 14.3 Å². The largest absolute Gasteiger partial charge is 0.488 e. The summed E-state index contributed by atoms with van der Waals surface area (Å²) in [5.41, 5.74) is 4.01. The average Bonchev–Trinajstić information content (AvgIpc) is 3.41. The summed E-state index contributed by atoms with van der Waals surface area (Å²) in [4.78, 5) is 33.3. The summed E-state index contributed by atoms with van der Waals surface area (Å²) in [6.45, 7) is 2.35. The number of nitrogens with zero attached hydrogens (tertiary/aromatic N) is 2. The van der Waals surface area contributed by atoms with E-state index in [0.717, 1.165) is 33.0 Å². The summed E-state index contributed by atoms with van der Waals surface area (Å²) < 4.78 is 14.0. The third-order valence-electron chi connectivity index (χ3n) is 7.96. The Bertz CT molecular complexity index is 2270. The van der Waals surface area contributed by atoms with Gasteiger partial charge in [-0.05, 0) is 41.0 Å². The predicted molar refractivity (Wildman–Crippen MR) is 182 cm³/mol. The molecule has 6 nitrogen and oxygen atoms in total. The van der Waals surface area contributed by atoms with Crippen molar-refractivity contribution in [1.29, 1.82) is 0 Å². The molecule has 7 rings (SSSR count). The van der Waals surface area contributed by atoms with Crippen LogP contribution in [0.1, 0.15) is 35.2 Å². The third kappa shape index (κ3) is 5.57. The van der Waals surface area contributed by atoms with Crippen molar-refractivity contribution in [3.63, 3.8) is 0 Å². The number of hydrogen-bond acceptors (Lipinski definition) is 6. The maximum absolute atomic E-state index is 14.3. The number of thiazole rings is 1. The molecule has 0 saturated heterocycles. The molecule has 0 saturated carbocycles. The lowest BCUT2D eigenvalue weighted by Gasteiger charge is -2.25. The molecule has 0 fully saturated rings. The van der Waals surface area contributed by atoms with E-state index in [0.29, 0.717) is 33.0 Å². The van der Waals surface area contributed by atoms with Gasteiger partial charge in [0, 0.05) is 11.1 Å². The highest BCUT2D eigenvalue weighted by Gasteiger charge is 2.35. The zero-order valence-corrected chi connectivity index (χ0v) is 25.9. The Kier molecular flexibility index (Phi) is 8.14. The van der Waals surface area contributed by atoms with Crippen molar-refractivity contribution in [1.82, 2.24) is 4.57 Å². The molecule has 0 amide bonds. The van der Waals surface area contributed by atoms with Crippen LogP contribution in [0.5, 0.6) is 5.75 Å². The summed E-state index contributed by atoms with van der Waals surface area (Å²) in [5.74, 6) is 0.165. The fraction of sp³-hybridized carbons (Fsp3) is 0.103. The molecule has 0 bridgehead atoms. The number of ether oxygens (including phenoxy) is 2. The molecule has 1 aliphatic rings. The van der Waals surface area contributed by atoms with Crippen molar-refractivity contribution in [3.05, 3.63) is 175 Å². The van der Waals surface area contributed by atoms with Crippen molar-refractivity contribution in [2.75, 3.05) is 6.61 Å². The first-order valence-electron chi connectivity index (χ1n) is 15.1. The monoisotopic (exact) mass is 622 g/mol. The predicted octanol–water partition coefficient (Wildman–Crippen LogP) is 6.67. The number of esters is 1. The van der Waals surface area contributed by atoms with E-state index in [9.17, 15) is 9.59 Å². The first kappa shape index (κ1) is 29.2. The molecule has 46 heavy (non-hydrogen) atoms. The number of hydrogen-bond donors (Lipinski definition) is 0. The third-order valence-corrected chi connectivity index (χ3v) is 8.94. The number of fused-ring (bicyclic) bond motifs is 2. The summed E-state index contributed by atoms with van der Waals surface area (Å²) in [6, 6.07) is 40.5. The average molecular weight is 623 g/mol. The molecule has 5 aromatic carbocycles. The highest BCUT2D eigenvalue weighted by atomic mass is 32.1. The van der Waals surface area contributed by atoms with Gasteiger partial charge in [0.25, 0.3) is 5.56 Å². The van der Waals surface area contributed by atoms with Crippen LogP contribution in [0, 0.1) is 0 Å². The second-order valence-corrected chi connectivity index (χ2v) is 11.8. The van der Waals surface area contributed by atoms with E-state index in [1.54, 1.807) is 11.5 Å². The van der Waals surface area contributed by atoms with Gasteiger partial charge in [-0.1, -0.05) is 133 Å². The van der Waals surface area contributed by atoms with Crippen molar-refractivity contribution in [2.24, 2.45) is 4.99 Å². The topological polar surface area (TPSA) is 69.9 Å². The van der Waals surface area contributed by atoms with Gasteiger partial charge in [0.2, 0.25) is 0 Å². The standard InChI is InChI=1S/C39H30N2O4S/c1-2-44-38(43)34-35(27-15-5-3-6-16-27)40-39-41(36(34)28-17-7-4-8-18-28)37(42)33(46-39)24-29-19-10-12-23-32(29)45-25-30-21-13-20-26-14-9-11-22-31(26)30/h3-24,36H,2,25H2,1H3/b33-24+/t36-/m0/s1. The van der Waals surface area contributed by atoms with Crippen LogP contribution in [0.25, 0.3) is 22.5 Å². The highest BCUT2D eigenvalue weighted by Crippen LogP contribution is 2.35. The van der Waals surface area contributed by atoms with E-state index < -0.39 is 12.0 Å². The quantitative estimate of drug-likeness (QED) is 0.178. The lowest BCUT2D eigenvalue weighted by atomic mass is 9.93. The Labute approximate surface area is 269 Å². The van der Waals surface area contributed by atoms with Crippen LogP contribution >= 0.6 is 11.3 Å². The Morgan fingerprint density at radius 2 is 1.54 bits per heavy atom. The van der Waals surface area contributed by atoms with Gasteiger partial charge in [-0.25, -0.2) is 9.79 Å². The molecule has 0 N–H and O–H groups in total. The van der Waals surface area contributed by atoms with Crippen LogP contribution in [0.15, 0.2) is 143 Å². The molecular formula is C39H30N2O4S. The highest BCUT2D eigenvalue weighted by molar-refractivity contribution is 7.07. The Morgan fingerprint density at radius 1 is 0.848 bits per heavy atom. The minimum Gasteiger partial charge on any atom is -0.488 e. The van der Waals surface area contributed by atoms with E-state index in [1.165, 1.54) is 11.3 Å². The lowest BCUT2D eigenvalue weighted by Crippen LogP contribution is -2.40. The van der Waals surface area contributed by atoms with Gasteiger partial charge in [-0.2, -0.15) is 0 Å². The van der Waals surface area contributed by atoms with Crippen molar-refractivity contribution in [2.45, 2.75) is 19.6 Å². The molecule has 7 heteroatoms. The number of carbonyl (C=O) groups excluding carboxylic acids is 1. The van der Waals surface area contributed by atoms with E-state index in [4.69, 9.17) is 14.5 Å². The van der Waals surface area contributed by atoms with Gasteiger partial charge in [0.05, 0.1) is 28.5 Å². The minimum atomic E-state index is -0.716. The number of rotatable bonds is 8. The molecule has 226 valence electrons. The summed E-state index contributed by atoms with van der Waals surface area (Å²) in [7, 11) is 0. The Morgan fingerprint density at radius 3 is 2.35 bits per heavy atom. The van der Waals surface area contributed by atoms with Gasteiger partial charge >= 0.3 is 5.97 Å². The molecule has 0 radical (unpaired) electrons. The maximum Gasteiger partial charge on any atom is 0.338 e. The number of benzene rings is 5. The van der Waals surface area contributed by atoms with Crippen LogP contribution in [-0.2, 0) is 16.1 Å². The summed E-state index contributed by atoms with van der Waals surface area (Å²) >= 11 is 1.29. The van der Waals surface area contributed by atoms with Crippen LogP contribution < -0.4 is 19.6 Å². The zero-order chi connectivity index (χ0) is 31.5. The first-order valence-corrected chi connectivity index (χ1v) is 16.0. The fourth-order valence-corrected chi connectivity index (χ4v) is 6.83. The normalized spacial score (nSPS) is 14.5. The van der Waals surface area contributed by atoms with E-state index >= 15 is 0 Å². The van der Waals surface area contributed by atoms with Crippen LogP contribution in [-0.4, -0.2) is 17.1 Å². The molecular weight excluding hydrogens is 593 g/mol.